The smallest absolute Gasteiger partial charge is 0.279 e. The molecule has 0 radical (unpaired) electrons. The first kappa shape index (κ1) is 17.7. The van der Waals surface area contributed by atoms with Crippen LogP contribution in [0.1, 0.15) is 16.1 Å². The number of hydrazine groups is 1. The van der Waals surface area contributed by atoms with E-state index in [1.165, 1.54) is 28.5 Å². The van der Waals surface area contributed by atoms with Crippen molar-refractivity contribution in [3.8, 4) is 0 Å². The summed E-state index contributed by atoms with van der Waals surface area (Å²) in [5.41, 5.74) is 0.126. The topological polar surface area (TPSA) is 101 Å². The summed E-state index contributed by atoms with van der Waals surface area (Å²) in [5, 5.41) is 2.07. The maximum Gasteiger partial charge on any atom is 0.279 e. The number of carbonyl (C=O) groups excluding carboxylic acids is 2. The van der Waals surface area contributed by atoms with E-state index in [9.17, 15) is 18.0 Å². The summed E-state index contributed by atoms with van der Waals surface area (Å²) >= 11 is 7.35. The summed E-state index contributed by atoms with van der Waals surface area (Å²) in [4.78, 5) is 26.2. The van der Waals surface area contributed by atoms with Crippen molar-refractivity contribution in [2.75, 3.05) is 12.8 Å². The lowest BCUT2D eigenvalue weighted by atomic mass is 10.1. The molecule has 7 nitrogen and oxygen atoms in total. The van der Waals surface area contributed by atoms with Crippen LogP contribution in [0.15, 0.2) is 40.5 Å². The number of nitrogens with two attached hydrogens (primary N) is 1. The van der Waals surface area contributed by atoms with E-state index in [4.69, 9.17) is 17.4 Å². The van der Waals surface area contributed by atoms with Crippen molar-refractivity contribution in [2.45, 2.75) is 6.42 Å². The molecular weight excluding hydrogens is 362 g/mol. The number of Topliss-reactive ketones (excluding diaryl/α,β-unsaturated/α-hetero) is 1. The molecule has 1 aliphatic rings. The monoisotopic (exact) mass is 375 g/mol. The molecule has 1 amide bonds. The molecule has 10 heteroatoms. The zero-order chi connectivity index (χ0) is 17.2. The molecule has 1 aromatic rings. The Morgan fingerprint density at radius 2 is 2.17 bits per heavy atom. The van der Waals surface area contributed by atoms with Gasteiger partial charge in [0.2, 0.25) is 10.0 Å². The third-order valence-corrected chi connectivity index (χ3v) is 5.18. The highest BCUT2D eigenvalue weighted by atomic mass is 35.5. The first-order valence-corrected chi connectivity index (χ1v) is 9.50. The van der Waals surface area contributed by atoms with E-state index in [1.807, 2.05) is 0 Å². The minimum atomic E-state index is -3.86. The molecule has 2 rings (SSSR count). The van der Waals surface area contributed by atoms with E-state index < -0.39 is 15.9 Å². The van der Waals surface area contributed by atoms with Gasteiger partial charge < -0.3 is 4.90 Å². The zero-order valence-electron chi connectivity index (χ0n) is 12.1. The quantitative estimate of drug-likeness (QED) is 0.273. The van der Waals surface area contributed by atoms with Crippen LogP contribution in [0.2, 0.25) is 0 Å². The molecule has 124 valence electrons. The first-order valence-electron chi connectivity index (χ1n) is 6.39. The fraction of sp³-hybridized carbons (Fsp3) is 0.231. The summed E-state index contributed by atoms with van der Waals surface area (Å²) < 4.78 is 22.9. The molecule has 0 spiro atoms. The van der Waals surface area contributed by atoms with E-state index in [0.29, 0.717) is 4.88 Å². The Bertz CT molecular complexity index is 784. The molecule has 0 bridgehead atoms. The van der Waals surface area contributed by atoms with Crippen molar-refractivity contribution in [1.29, 1.82) is 0 Å². The number of thiophene rings is 1. The fourth-order valence-corrected chi connectivity index (χ4v) is 3.10. The van der Waals surface area contributed by atoms with Crippen LogP contribution in [-0.4, -0.2) is 42.2 Å². The number of allylic oxidation sites excluding steroid dienone is 1. The second-order valence-electron chi connectivity index (χ2n) is 4.78. The van der Waals surface area contributed by atoms with E-state index in [-0.39, 0.29) is 33.9 Å². The van der Waals surface area contributed by atoms with Gasteiger partial charge in [-0.15, -0.1) is 11.3 Å². The van der Waals surface area contributed by atoms with Gasteiger partial charge in [-0.2, -0.15) is 4.41 Å². The summed E-state index contributed by atoms with van der Waals surface area (Å²) in [5.74, 6) is 4.28. The Kier molecular flexibility index (Phi) is 5.25. The largest absolute Gasteiger partial charge is 0.331 e. The van der Waals surface area contributed by atoms with Gasteiger partial charge in [-0.1, -0.05) is 17.7 Å². The van der Waals surface area contributed by atoms with Crippen molar-refractivity contribution in [1.82, 2.24) is 9.31 Å². The fourth-order valence-electron chi connectivity index (χ4n) is 1.84. The molecule has 1 aliphatic heterocycles. The average molecular weight is 376 g/mol. The maximum absolute atomic E-state index is 12.1. The summed E-state index contributed by atoms with van der Waals surface area (Å²) in [6, 6.07) is 3.45. The van der Waals surface area contributed by atoms with Gasteiger partial charge in [-0.05, 0) is 17.5 Å². The number of hydrogen-bond donors (Lipinski definition) is 1. The lowest BCUT2D eigenvalue weighted by molar-refractivity contribution is -0.123. The second-order valence-corrected chi connectivity index (χ2v) is 7.97. The predicted molar refractivity (Wildman–Crippen MR) is 87.9 cm³/mol. The lowest BCUT2D eigenvalue weighted by Crippen LogP contribution is -2.43. The van der Waals surface area contributed by atoms with Crippen LogP contribution in [0, 0.1) is 0 Å². The Hall–Kier alpha value is -1.68. The van der Waals surface area contributed by atoms with Crippen LogP contribution in [0.5, 0.6) is 0 Å². The molecule has 0 aromatic carbocycles. The van der Waals surface area contributed by atoms with Crippen molar-refractivity contribution < 1.29 is 18.0 Å². The first-order chi connectivity index (χ1) is 10.7. The van der Waals surface area contributed by atoms with Crippen molar-refractivity contribution in [3.63, 3.8) is 0 Å². The number of nitrogens with zero attached hydrogens (tertiary/aromatic N) is 2. The maximum atomic E-state index is 12.1. The minimum absolute atomic E-state index is 0.0595. The summed E-state index contributed by atoms with van der Waals surface area (Å²) in [7, 11) is -3.86. The van der Waals surface area contributed by atoms with Gasteiger partial charge in [0.15, 0.2) is 5.78 Å². The number of carbonyl (C=O) groups is 2. The standard InChI is InChI=1S/C13H14ClN3O4S2/c1-23(20,21)17(15)13(19)9-4-5-12(14)16(7-9)8-10(18)11-3-2-6-22-11/h2-3,5-7H,4,8,15H2,1H3. The van der Waals surface area contributed by atoms with Crippen molar-refractivity contribution in [2.24, 2.45) is 5.84 Å². The molecule has 1 aromatic heterocycles. The molecule has 0 unspecified atom stereocenters. The minimum Gasteiger partial charge on any atom is -0.331 e. The Morgan fingerprint density at radius 3 is 2.74 bits per heavy atom. The number of sulfonamides is 1. The Balaban J connectivity index is 2.18. The van der Waals surface area contributed by atoms with E-state index in [2.05, 4.69) is 0 Å². The van der Waals surface area contributed by atoms with Crippen LogP contribution in [0.25, 0.3) is 0 Å². The average Bonchev–Trinajstić information content (AvgIpc) is 3.01. The van der Waals surface area contributed by atoms with Crippen molar-refractivity contribution in [3.05, 3.63) is 45.4 Å². The normalized spacial score (nSPS) is 15.0. The molecule has 2 heterocycles. The summed E-state index contributed by atoms with van der Waals surface area (Å²) in [6.07, 6.45) is 3.83. The SMILES string of the molecule is CS(=O)(=O)N(N)C(=O)C1=CN(CC(=O)c2cccs2)C(Cl)=CC1. The Labute approximate surface area is 142 Å². The molecule has 2 N–H and O–H groups in total. The molecule has 0 saturated carbocycles. The number of hydrogen-bond acceptors (Lipinski definition) is 7. The van der Waals surface area contributed by atoms with Crippen molar-refractivity contribution >= 4 is 44.7 Å². The third kappa shape index (κ3) is 4.20. The van der Waals surface area contributed by atoms with Gasteiger partial charge in [0.25, 0.3) is 5.91 Å². The molecular formula is C13H14ClN3O4S2. The van der Waals surface area contributed by atoms with Gasteiger partial charge in [0, 0.05) is 18.2 Å². The lowest BCUT2D eigenvalue weighted by Gasteiger charge is -2.25. The van der Waals surface area contributed by atoms with Crippen LogP contribution in [0.4, 0.5) is 0 Å². The number of rotatable bonds is 5. The van der Waals surface area contributed by atoms with Crippen LogP contribution >= 0.6 is 22.9 Å². The van der Waals surface area contributed by atoms with Crippen LogP contribution in [0.3, 0.4) is 0 Å². The van der Waals surface area contributed by atoms with Gasteiger partial charge >= 0.3 is 0 Å². The molecule has 0 aliphatic carbocycles. The van der Waals surface area contributed by atoms with Gasteiger partial charge in [0.1, 0.15) is 5.16 Å². The van der Waals surface area contributed by atoms with Crippen LogP contribution < -0.4 is 5.84 Å². The van der Waals surface area contributed by atoms with Gasteiger partial charge in [-0.25, -0.2) is 14.3 Å². The highest BCUT2D eigenvalue weighted by molar-refractivity contribution is 7.88. The molecule has 0 saturated heterocycles. The number of halogens is 1. The predicted octanol–water partition coefficient (Wildman–Crippen LogP) is 1.26. The number of amides is 1. The van der Waals surface area contributed by atoms with Gasteiger partial charge in [0.05, 0.1) is 17.7 Å². The van der Waals surface area contributed by atoms with E-state index in [1.54, 1.807) is 17.5 Å². The zero-order valence-corrected chi connectivity index (χ0v) is 14.5. The second kappa shape index (κ2) is 6.83. The third-order valence-electron chi connectivity index (χ3n) is 3.02. The molecule has 0 fully saturated rings. The van der Waals surface area contributed by atoms with Gasteiger partial charge in [-0.3, -0.25) is 9.59 Å². The summed E-state index contributed by atoms with van der Waals surface area (Å²) in [6.45, 7) is -0.0595. The Morgan fingerprint density at radius 1 is 1.48 bits per heavy atom. The highest BCUT2D eigenvalue weighted by Crippen LogP contribution is 2.23. The molecule has 23 heavy (non-hydrogen) atoms. The van der Waals surface area contributed by atoms with Crippen LogP contribution in [-0.2, 0) is 14.8 Å². The highest BCUT2D eigenvalue weighted by Gasteiger charge is 2.26. The van der Waals surface area contributed by atoms with E-state index >= 15 is 0 Å². The van der Waals surface area contributed by atoms with E-state index in [0.717, 1.165) is 6.26 Å². The molecule has 0 atom stereocenters. The number of ketones is 1.